The summed E-state index contributed by atoms with van der Waals surface area (Å²) in [4.78, 5) is 23.2. The normalized spacial score (nSPS) is 13.1. The monoisotopic (exact) mass is 261 g/mol. The van der Waals surface area contributed by atoms with E-state index in [1.54, 1.807) is 34.6 Å². The fraction of sp³-hybridized carbons (Fsp3) is 0.833. The van der Waals surface area contributed by atoms with Gasteiger partial charge in [-0.3, -0.25) is 0 Å². The summed E-state index contributed by atoms with van der Waals surface area (Å²) in [5.74, 6) is -0.714. The van der Waals surface area contributed by atoms with Crippen molar-refractivity contribution >= 4 is 12.1 Å². The molecule has 1 atom stereocenters. The Hall–Kier alpha value is -1.30. The van der Waals surface area contributed by atoms with Gasteiger partial charge in [-0.2, -0.15) is 0 Å². The average Bonchev–Trinajstić information content (AvgIpc) is 2.19. The zero-order chi connectivity index (χ0) is 14.3. The highest BCUT2D eigenvalue weighted by molar-refractivity contribution is 5.81. The first-order valence-electron chi connectivity index (χ1n) is 5.94. The number of esters is 1. The molecule has 0 heterocycles. The van der Waals surface area contributed by atoms with Gasteiger partial charge < -0.3 is 19.9 Å². The molecule has 0 rings (SSSR count). The van der Waals surface area contributed by atoms with Crippen molar-refractivity contribution in [2.45, 2.75) is 46.3 Å². The van der Waals surface area contributed by atoms with E-state index < -0.39 is 23.7 Å². The molecule has 0 saturated carbocycles. The average molecular weight is 261 g/mol. The van der Waals surface area contributed by atoms with Crippen molar-refractivity contribution in [1.29, 1.82) is 0 Å². The summed E-state index contributed by atoms with van der Waals surface area (Å²) in [6.07, 6.45) is -0.665. The summed E-state index contributed by atoms with van der Waals surface area (Å²) in [5.41, 5.74) is -0.624. The Bertz CT molecular complexity index is 283. The molecule has 2 N–H and O–H groups in total. The Morgan fingerprint density at radius 1 is 1.28 bits per heavy atom. The van der Waals surface area contributed by atoms with Gasteiger partial charge in [-0.05, 0) is 26.7 Å². The molecular weight excluding hydrogens is 238 g/mol. The first kappa shape index (κ1) is 16.7. The molecule has 6 heteroatoms. The second kappa shape index (κ2) is 7.20. The van der Waals surface area contributed by atoms with Crippen molar-refractivity contribution < 1.29 is 24.2 Å². The molecular formula is C12H23NO5. The lowest BCUT2D eigenvalue weighted by Crippen LogP contribution is -2.47. The number of nitrogens with one attached hydrogen (secondary N) is 1. The molecule has 0 saturated heterocycles. The Labute approximate surface area is 108 Å². The van der Waals surface area contributed by atoms with Crippen molar-refractivity contribution in [3.63, 3.8) is 0 Å². The standard InChI is InChI=1S/C12H23NO5/c1-8(2)9(10(15)17-7-6-14)13-11(16)18-12(3,4)5/h8-9,14H,6-7H2,1-5H3,(H,13,16)/t9-/m0/s1. The smallest absolute Gasteiger partial charge is 0.408 e. The van der Waals surface area contributed by atoms with Gasteiger partial charge in [-0.15, -0.1) is 0 Å². The van der Waals surface area contributed by atoms with Crippen LogP contribution in [0.25, 0.3) is 0 Å². The van der Waals surface area contributed by atoms with E-state index in [2.05, 4.69) is 5.32 Å². The zero-order valence-electron chi connectivity index (χ0n) is 11.6. The minimum absolute atomic E-state index is 0.0853. The highest BCUT2D eigenvalue weighted by atomic mass is 16.6. The largest absolute Gasteiger partial charge is 0.462 e. The predicted molar refractivity (Wildman–Crippen MR) is 66.0 cm³/mol. The molecule has 0 aromatic carbocycles. The van der Waals surface area contributed by atoms with E-state index >= 15 is 0 Å². The van der Waals surface area contributed by atoms with Crippen LogP contribution in [0, 0.1) is 5.92 Å². The van der Waals surface area contributed by atoms with Crippen LogP contribution < -0.4 is 5.32 Å². The van der Waals surface area contributed by atoms with Crippen LogP contribution >= 0.6 is 0 Å². The SMILES string of the molecule is CC(C)[C@H](NC(=O)OC(C)(C)C)C(=O)OCCO. The third-order valence-electron chi connectivity index (χ3n) is 1.93. The second-order valence-corrected chi connectivity index (χ2v) is 5.26. The Morgan fingerprint density at radius 3 is 2.22 bits per heavy atom. The summed E-state index contributed by atoms with van der Waals surface area (Å²) in [5, 5.41) is 11.0. The number of aliphatic hydroxyl groups excluding tert-OH is 1. The van der Waals surface area contributed by atoms with Gasteiger partial charge in [0.25, 0.3) is 0 Å². The minimum atomic E-state index is -0.786. The molecule has 6 nitrogen and oxygen atoms in total. The van der Waals surface area contributed by atoms with Gasteiger partial charge in [-0.25, -0.2) is 9.59 Å². The number of hydrogen-bond acceptors (Lipinski definition) is 5. The first-order chi connectivity index (χ1) is 8.17. The lowest BCUT2D eigenvalue weighted by atomic mass is 10.1. The van der Waals surface area contributed by atoms with Crippen LogP contribution in [0.3, 0.4) is 0 Å². The van der Waals surface area contributed by atoms with E-state index in [1.165, 1.54) is 0 Å². The number of rotatable bonds is 5. The van der Waals surface area contributed by atoms with Gasteiger partial charge >= 0.3 is 12.1 Å². The highest BCUT2D eigenvalue weighted by Gasteiger charge is 2.27. The summed E-state index contributed by atoms with van der Waals surface area (Å²) in [7, 11) is 0. The van der Waals surface area contributed by atoms with E-state index in [4.69, 9.17) is 14.6 Å². The third kappa shape index (κ3) is 7.11. The number of ether oxygens (including phenoxy) is 2. The molecule has 0 aromatic rings. The van der Waals surface area contributed by atoms with Crippen molar-refractivity contribution in [2.24, 2.45) is 5.92 Å². The topological polar surface area (TPSA) is 84.9 Å². The molecule has 0 spiro atoms. The van der Waals surface area contributed by atoms with Crippen LogP contribution in [-0.2, 0) is 14.3 Å². The van der Waals surface area contributed by atoms with Crippen LogP contribution in [0.4, 0.5) is 4.79 Å². The molecule has 0 aliphatic heterocycles. The maximum Gasteiger partial charge on any atom is 0.408 e. The Morgan fingerprint density at radius 2 is 1.83 bits per heavy atom. The number of carbonyl (C=O) groups is 2. The van der Waals surface area contributed by atoms with Crippen molar-refractivity contribution in [3.8, 4) is 0 Å². The van der Waals surface area contributed by atoms with E-state index in [-0.39, 0.29) is 19.1 Å². The maximum absolute atomic E-state index is 11.6. The molecule has 0 aliphatic carbocycles. The van der Waals surface area contributed by atoms with Crippen LogP contribution in [0.15, 0.2) is 0 Å². The van der Waals surface area contributed by atoms with Gasteiger partial charge in [0.2, 0.25) is 0 Å². The highest BCUT2D eigenvalue weighted by Crippen LogP contribution is 2.09. The zero-order valence-corrected chi connectivity index (χ0v) is 11.6. The van der Waals surface area contributed by atoms with Gasteiger partial charge in [0.15, 0.2) is 0 Å². The Kier molecular flexibility index (Phi) is 6.68. The summed E-state index contributed by atoms with van der Waals surface area (Å²) >= 11 is 0. The molecule has 0 bridgehead atoms. The van der Waals surface area contributed by atoms with Crippen molar-refractivity contribution in [1.82, 2.24) is 5.32 Å². The molecule has 106 valence electrons. The third-order valence-corrected chi connectivity index (χ3v) is 1.93. The van der Waals surface area contributed by atoms with Crippen LogP contribution in [0.5, 0.6) is 0 Å². The van der Waals surface area contributed by atoms with E-state index in [0.717, 1.165) is 0 Å². The fourth-order valence-corrected chi connectivity index (χ4v) is 1.17. The molecule has 0 unspecified atom stereocenters. The summed E-state index contributed by atoms with van der Waals surface area (Å²) in [6, 6.07) is -0.786. The Balaban J connectivity index is 4.45. The molecule has 0 radical (unpaired) electrons. The lowest BCUT2D eigenvalue weighted by molar-refractivity contribution is -0.148. The van der Waals surface area contributed by atoms with E-state index in [9.17, 15) is 9.59 Å². The number of alkyl carbamates (subject to hydrolysis) is 1. The minimum Gasteiger partial charge on any atom is -0.462 e. The molecule has 1 amide bonds. The molecule has 18 heavy (non-hydrogen) atoms. The number of hydrogen-bond donors (Lipinski definition) is 2. The number of amides is 1. The first-order valence-corrected chi connectivity index (χ1v) is 5.94. The van der Waals surface area contributed by atoms with E-state index in [0.29, 0.717) is 0 Å². The van der Waals surface area contributed by atoms with Crippen molar-refractivity contribution in [3.05, 3.63) is 0 Å². The molecule has 0 aliphatic rings. The second-order valence-electron chi connectivity index (χ2n) is 5.26. The van der Waals surface area contributed by atoms with Gasteiger partial charge in [0.1, 0.15) is 18.2 Å². The van der Waals surface area contributed by atoms with Crippen molar-refractivity contribution in [2.75, 3.05) is 13.2 Å². The molecule has 0 aromatic heterocycles. The maximum atomic E-state index is 11.6. The number of carbonyl (C=O) groups excluding carboxylic acids is 2. The van der Waals surface area contributed by atoms with Crippen LogP contribution in [-0.4, -0.2) is 42.0 Å². The van der Waals surface area contributed by atoms with Gasteiger partial charge in [-0.1, -0.05) is 13.8 Å². The van der Waals surface area contributed by atoms with Gasteiger partial charge in [0.05, 0.1) is 6.61 Å². The van der Waals surface area contributed by atoms with E-state index in [1.807, 2.05) is 0 Å². The quantitative estimate of drug-likeness (QED) is 0.723. The summed E-state index contributed by atoms with van der Waals surface area (Å²) in [6.45, 7) is 8.44. The molecule has 0 fully saturated rings. The fourth-order valence-electron chi connectivity index (χ4n) is 1.17. The summed E-state index contributed by atoms with van der Waals surface area (Å²) < 4.78 is 9.85. The number of aliphatic hydroxyl groups is 1. The van der Waals surface area contributed by atoms with Crippen LogP contribution in [0.2, 0.25) is 0 Å². The lowest BCUT2D eigenvalue weighted by Gasteiger charge is -2.24. The van der Waals surface area contributed by atoms with Gasteiger partial charge in [0, 0.05) is 0 Å². The van der Waals surface area contributed by atoms with Crippen LogP contribution in [0.1, 0.15) is 34.6 Å². The predicted octanol–water partition coefficient (Wildman–Crippen LogP) is 1.07.